The number of hydrogen-bond donors (Lipinski definition) is 1. The van der Waals surface area contributed by atoms with E-state index in [9.17, 15) is 18.0 Å². The lowest BCUT2D eigenvalue weighted by Gasteiger charge is -2.08. The van der Waals surface area contributed by atoms with E-state index in [1.165, 1.54) is 67.0 Å². The van der Waals surface area contributed by atoms with Gasteiger partial charge in [0, 0.05) is 20.7 Å². The Morgan fingerprint density at radius 2 is 1.77 bits per heavy atom. The quantitative estimate of drug-likeness (QED) is 0.322. The van der Waals surface area contributed by atoms with Crippen molar-refractivity contribution in [3.05, 3.63) is 86.6 Å². The van der Waals surface area contributed by atoms with Crippen LogP contribution in [0.5, 0.6) is 0 Å². The zero-order valence-corrected chi connectivity index (χ0v) is 22.0. The lowest BCUT2D eigenvalue weighted by molar-refractivity contribution is -0.141. The van der Waals surface area contributed by atoms with Gasteiger partial charge in [0.25, 0.3) is 15.9 Å². The van der Waals surface area contributed by atoms with E-state index in [0.717, 1.165) is 14.7 Å². The molecule has 0 radical (unpaired) electrons. The zero-order valence-electron chi connectivity index (χ0n) is 18.1. The van der Waals surface area contributed by atoms with Crippen LogP contribution in [-0.4, -0.2) is 32.0 Å². The molecule has 0 aliphatic rings. The molecule has 35 heavy (non-hydrogen) atoms. The number of nitrogens with zero attached hydrogens (tertiary/aromatic N) is 2. The van der Waals surface area contributed by atoms with Crippen molar-refractivity contribution < 1.29 is 22.7 Å². The summed E-state index contributed by atoms with van der Waals surface area (Å²) < 4.78 is 35.6. The summed E-state index contributed by atoms with van der Waals surface area (Å²) in [5, 5.41) is 0.426. The standard InChI is InChI=1S/C23H17BrClN3O5S2/c1-33-21(29)13-28-19-11-4-15(24)12-20(19)34-23(28)26-22(30)14-2-7-17(8-3-14)27-35(31,32)18-9-5-16(25)6-10-18/h2-12,27H,13H2,1H3. The minimum Gasteiger partial charge on any atom is -0.468 e. The molecule has 12 heteroatoms. The molecule has 0 bridgehead atoms. The smallest absolute Gasteiger partial charge is 0.325 e. The monoisotopic (exact) mass is 593 g/mol. The van der Waals surface area contributed by atoms with Crippen molar-refractivity contribution in [2.75, 3.05) is 11.8 Å². The number of nitrogens with one attached hydrogen (secondary N) is 1. The van der Waals surface area contributed by atoms with Gasteiger partial charge in [-0.05, 0) is 66.7 Å². The van der Waals surface area contributed by atoms with Crippen molar-refractivity contribution in [2.24, 2.45) is 4.99 Å². The van der Waals surface area contributed by atoms with E-state index in [0.29, 0.717) is 9.82 Å². The number of halogens is 2. The van der Waals surface area contributed by atoms with Gasteiger partial charge in [-0.1, -0.05) is 38.9 Å². The number of fused-ring (bicyclic) bond motifs is 1. The first kappa shape index (κ1) is 25.1. The van der Waals surface area contributed by atoms with Crippen LogP contribution in [0.1, 0.15) is 10.4 Å². The number of carbonyl (C=O) groups excluding carboxylic acids is 2. The summed E-state index contributed by atoms with van der Waals surface area (Å²) in [5.41, 5.74) is 1.27. The molecule has 4 rings (SSSR count). The highest BCUT2D eigenvalue weighted by Gasteiger charge is 2.15. The number of carbonyl (C=O) groups is 2. The average molecular weight is 595 g/mol. The Bertz CT molecular complexity index is 1600. The van der Waals surface area contributed by atoms with E-state index in [1.807, 2.05) is 18.2 Å². The highest BCUT2D eigenvalue weighted by Crippen LogP contribution is 2.23. The first-order valence-electron chi connectivity index (χ1n) is 9.99. The molecule has 0 saturated heterocycles. The van der Waals surface area contributed by atoms with Crippen molar-refractivity contribution in [1.29, 1.82) is 0 Å². The number of sulfonamides is 1. The molecule has 0 atom stereocenters. The molecule has 1 N–H and O–H groups in total. The summed E-state index contributed by atoms with van der Waals surface area (Å²) in [6, 6.07) is 17.2. The van der Waals surface area contributed by atoms with Gasteiger partial charge in [-0.25, -0.2) is 8.42 Å². The van der Waals surface area contributed by atoms with Crippen molar-refractivity contribution in [2.45, 2.75) is 11.4 Å². The predicted octanol–water partition coefficient (Wildman–Crippen LogP) is 4.83. The number of benzene rings is 3. The van der Waals surface area contributed by atoms with Gasteiger partial charge in [0.15, 0.2) is 4.80 Å². The maximum Gasteiger partial charge on any atom is 0.325 e. The van der Waals surface area contributed by atoms with Crippen molar-refractivity contribution in [3.8, 4) is 0 Å². The molecule has 0 aliphatic carbocycles. The maximum absolute atomic E-state index is 12.9. The van der Waals surface area contributed by atoms with Crippen LogP contribution in [0.15, 0.2) is 81.1 Å². The third-order valence-corrected chi connectivity index (χ3v) is 8.05. The predicted molar refractivity (Wildman–Crippen MR) is 138 cm³/mol. The Kier molecular flexibility index (Phi) is 7.41. The Hall–Kier alpha value is -2.99. The van der Waals surface area contributed by atoms with E-state index in [-0.39, 0.29) is 22.7 Å². The maximum atomic E-state index is 12.9. The molecule has 1 heterocycles. The van der Waals surface area contributed by atoms with Crippen LogP contribution in [0.2, 0.25) is 5.02 Å². The fourth-order valence-electron chi connectivity index (χ4n) is 3.14. The number of amides is 1. The molecule has 0 aliphatic heterocycles. The lowest BCUT2D eigenvalue weighted by Crippen LogP contribution is -2.22. The summed E-state index contributed by atoms with van der Waals surface area (Å²) in [4.78, 5) is 29.4. The first-order valence-corrected chi connectivity index (χ1v) is 13.5. The summed E-state index contributed by atoms with van der Waals surface area (Å²) in [5.74, 6) is -1.01. The van der Waals surface area contributed by atoms with E-state index < -0.39 is 21.9 Å². The van der Waals surface area contributed by atoms with Gasteiger partial charge in [0.2, 0.25) is 0 Å². The number of rotatable bonds is 6. The van der Waals surface area contributed by atoms with Gasteiger partial charge >= 0.3 is 5.97 Å². The number of hydrogen-bond acceptors (Lipinski definition) is 6. The summed E-state index contributed by atoms with van der Waals surface area (Å²) in [6.45, 7) is -0.102. The topological polar surface area (TPSA) is 107 Å². The van der Waals surface area contributed by atoms with Gasteiger partial charge in [0.1, 0.15) is 6.54 Å². The highest BCUT2D eigenvalue weighted by molar-refractivity contribution is 9.10. The van der Waals surface area contributed by atoms with Crippen LogP contribution in [0.3, 0.4) is 0 Å². The molecule has 1 amide bonds. The van der Waals surface area contributed by atoms with Crippen LogP contribution in [0, 0.1) is 0 Å². The van der Waals surface area contributed by atoms with E-state index in [2.05, 4.69) is 25.6 Å². The third kappa shape index (κ3) is 5.81. The summed E-state index contributed by atoms with van der Waals surface area (Å²) in [7, 11) is -2.53. The fraction of sp³-hybridized carbons (Fsp3) is 0.0870. The van der Waals surface area contributed by atoms with Crippen LogP contribution in [0.25, 0.3) is 10.2 Å². The molecule has 0 fully saturated rings. The van der Waals surface area contributed by atoms with Gasteiger partial charge in [-0.15, -0.1) is 0 Å². The number of ether oxygens (including phenoxy) is 1. The number of methoxy groups -OCH3 is 1. The number of thiazole rings is 1. The Morgan fingerprint density at radius 3 is 2.43 bits per heavy atom. The lowest BCUT2D eigenvalue weighted by atomic mass is 10.2. The second-order valence-electron chi connectivity index (χ2n) is 7.21. The summed E-state index contributed by atoms with van der Waals surface area (Å²) in [6.07, 6.45) is 0. The van der Waals surface area contributed by atoms with Gasteiger partial charge in [-0.2, -0.15) is 4.99 Å². The minimum atomic E-state index is -3.82. The molecule has 0 spiro atoms. The molecular weight excluding hydrogens is 578 g/mol. The molecule has 1 aromatic heterocycles. The molecule has 8 nitrogen and oxygen atoms in total. The Balaban J connectivity index is 1.62. The number of anilines is 1. The molecule has 3 aromatic carbocycles. The van der Waals surface area contributed by atoms with Crippen molar-refractivity contribution in [1.82, 2.24) is 4.57 Å². The normalized spacial score (nSPS) is 12.0. The highest BCUT2D eigenvalue weighted by atomic mass is 79.9. The zero-order chi connectivity index (χ0) is 25.2. The molecular formula is C23H17BrClN3O5S2. The average Bonchev–Trinajstić information content (AvgIpc) is 3.15. The van der Waals surface area contributed by atoms with Crippen molar-refractivity contribution >= 4 is 76.7 Å². The molecule has 0 saturated carbocycles. The molecule has 4 aromatic rings. The Labute approximate surface area is 218 Å². The van der Waals surface area contributed by atoms with E-state index in [1.54, 1.807) is 4.57 Å². The van der Waals surface area contributed by atoms with Crippen LogP contribution < -0.4 is 9.52 Å². The molecule has 180 valence electrons. The third-order valence-electron chi connectivity index (χ3n) is 4.86. The summed E-state index contributed by atoms with van der Waals surface area (Å²) >= 11 is 10.5. The number of esters is 1. The van der Waals surface area contributed by atoms with Gasteiger partial charge in [-0.3, -0.25) is 14.3 Å². The minimum absolute atomic E-state index is 0.0589. The van der Waals surface area contributed by atoms with Crippen molar-refractivity contribution in [3.63, 3.8) is 0 Å². The second-order valence-corrected chi connectivity index (χ2v) is 11.3. The van der Waals surface area contributed by atoms with Crippen LogP contribution in [-0.2, 0) is 26.1 Å². The van der Waals surface area contributed by atoms with Crippen LogP contribution in [0.4, 0.5) is 5.69 Å². The fourth-order valence-corrected chi connectivity index (χ4v) is 5.90. The van der Waals surface area contributed by atoms with Gasteiger partial charge in [0.05, 0.1) is 22.2 Å². The number of aromatic nitrogens is 1. The van der Waals surface area contributed by atoms with Gasteiger partial charge < -0.3 is 9.30 Å². The molecule has 0 unspecified atom stereocenters. The Morgan fingerprint density at radius 1 is 1.09 bits per heavy atom. The van der Waals surface area contributed by atoms with Crippen LogP contribution >= 0.6 is 38.9 Å². The first-order chi connectivity index (χ1) is 16.7. The second kappa shape index (κ2) is 10.3. The van der Waals surface area contributed by atoms with E-state index in [4.69, 9.17) is 16.3 Å². The van der Waals surface area contributed by atoms with E-state index >= 15 is 0 Å². The SMILES string of the molecule is COC(=O)Cn1c(=NC(=O)c2ccc(NS(=O)(=O)c3ccc(Cl)cc3)cc2)sc2cc(Br)ccc21. The largest absolute Gasteiger partial charge is 0.468 e.